The third-order valence-electron chi connectivity index (χ3n) is 3.13. The molecular weight excluding hydrogens is 256 g/mol. The molecule has 5 nitrogen and oxygen atoms in total. The fourth-order valence-corrected chi connectivity index (χ4v) is 2.14. The first-order valence-corrected chi connectivity index (χ1v) is 6.56. The van der Waals surface area contributed by atoms with Gasteiger partial charge in [-0.05, 0) is 37.3 Å². The smallest absolute Gasteiger partial charge is 0.291 e. The predicted octanol–water partition coefficient (Wildman–Crippen LogP) is 2.32. The Kier molecular flexibility index (Phi) is 3.43. The van der Waals surface area contributed by atoms with Gasteiger partial charge in [-0.3, -0.25) is 4.79 Å². The van der Waals surface area contributed by atoms with Crippen LogP contribution < -0.4 is 15.4 Å². The average molecular weight is 272 g/mol. The Morgan fingerprint density at radius 3 is 3.00 bits per heavy atom. The highest BCUT2D eigenvalue weighted by Gasteiger charge is 2.13. The van der Waals surface area contributed by atoms with Crippen LogP contribution in [-0.2, 0) is 6.54 Å². The molecule has 20 heavy (non-hydrogen) atoms. The number of nitrogens with one attached hydrogen (secondary N) is 2. The molecule has 104 valence electrons. The molecule has 0 fully saturated rings. The van der Waals surface area contributed by atoms with E-state index in [1.807, 2.05) is 25.1 Å². The maximum Gasteiger partial charge on any atom is 0.291 e. The van der Waals surface area contributed by atoms with Crippen LogP contribution in [0.2, 0.25) is 0 Å². The fourth-order valence-electron chi connectivity index (χ4n) is 2.14. The van der Waals surface area contributed by atoms with Crippen LogP contribution in [0, 0.1) is 6.92 Å². The number of furan rings is 1. The Balaban J connectivity index is 1.77. The van der Waals surface area contributed by atoms with E-state index in [2.05, 4.69) is 10.6 Å². The zero-order valence-corrected chi connectivity index (χ0v) is 11.2. The molecule has 0 bridgehead atoms. The number of hydrogen-bond acceptors (Lipinski definition) is 4. The monoisotopic (exact) mass is 272 g/mol. The van der Waals surface area contributed by atoms with Crippen molar-refractivity contribution < 1.29 is 13.9 Å². The number of fused-ring (bicyclic) bond motifs is 1. The van der Waals surface area contributed by atoms with Gasteiger partial charge in [0, 0.05) is 24.3 Å². The summed E-state index contributed by atoms with van der Waals surface area (Å²) in [7, 11) is 0. The Hall–Kier alpha value is -2.27. The molecule has 1 amide bonds. The number of amides is 1. The van der Waals surface area contributed by atoms with Crippen LogP contribution in [0.3, 0.4) is 0 Å². The number of hydrogen-bond donors (Lipinski definition) is 2. The van der Waals surface area contributed by atoms with E-state index in [0.717, 1.165) is 35.9 Å². The maximum atomic E-state index is 12.0. The highest BCUT2D eigenvalue weighted by molar-refractivity contribution is 6.02. The molecule has 3 rings (SSSR count). The van der Waals surface area contributed by atoms with E-state index in [0.29, 0.717) is 12.4 Å². The summed E-state index contributed by atoms with van der Waals surface area (Å²) in [5.74, 6) is 1.64. The number of carbonyl (C=O) groups excluding carboxylic acids is 1. The molecule has 2 heterocycles. The van der Waals surface area contributed by atoms with Gasteiger partial charge in [0.2, 0.25) is 0 Å². The molecule has 1 aliphatic heterocycles. The first-order chi connectivity index (χ1) is 9.72. The summed E-state index contributed by atoms with van der Waals surface area (Å²) in [5.41, 5.74) is 1.77. The molecule has 2 aromatic rings. The van der Waals surface area contributed by atoms with Crippen LogP contribution >= 0.6 is 0 Å². The zero-order chi connectivity index (χ0) is 13.9. The number of anilines is 1. The number of carbonyl (C=O) groups is 1. The lowest BCUT2D eigenvalue weighted by atomic mass is 10.1. The highest BCUT2D eigenvalue weighted by Crippen LogP contribution is 2.24. The predicted molar refractivity (Wildman–Crippen MR) is 75.0 cm³/mol. The molecule has 0 aliphatic carbocycles. The van der Waals surface area contributed by atoms with Crippen molar-refractivity contribution in [3.63, 3.8) is 0 Å². The first-order valence-electron chi connectivity index (χ1n) is 6.56. The van der Waals surface area contributed by atoms with Gasteiger partial charge in [0.15, 0.2) is 5.76 Å². The second-order valence-electron chi connectivity index (χ2n) is 4.71. The minimum atomic E-state index is -0.249. The van der Waals surface area contributed by atoms with Gasteiger partial charge >= 0.3 is 0 Å². The second-order valence-corrected chi connectivity index (χ2v) is 4.71. The van der Waals surface area contributed by atoms with Crippen molar-refractivity contribution in [2.24, 2.45) is 0 Å². The largest absolute Gasteiger partial charge is 0.492 e. The quantitative estimate of drug-likeness (QED) is 0.880. The molecule has 0 unspecified atom stereocenters. The Morgan fingerprint density at radius 1 is 1.30 bits per heavy atom. The van der Waals surface area contributed by atoms with E-state index in [4.69, 9.17) is 9.15 Å². The van der Waals surface area contributed by atoms with Gasteiger partial charge in [0.25, 0.3) is 5.91 Å². The van der Waals surface area contributed by atoms with Gasteiger partial charge in [0.1, 0.15) is 18.1 Å². The average Bonchev–Trinajstić information content (AvgIpc) is 2.74. The maximum absolute atomic E-state index is 12.0. The van der Waals surface area contributed by atoms with Crippen LogP contribution in [0.4, 0.5) is 5.69 Å². The minimum Gasteiger partial charge on any atom is -0.492 e. The van der Waals surface area contributed by atoms with E-state index >= 15 is 0 Å². The van der Waals surface area contributed by atoms with Crippen LogP contribution in [0.25, 0.3) is 0 Å². The lowest BCUT2D eigenvalue weighted by molar-refractivity contribution is 0.0995. The van der Waals surface area contributed by atoms with Crippen molar-refractivity contribution in [1.82, 2.24) is 5.32 Å². The Bertz CT molecular complexity index is 634. The summed E-state index contributed by atoms with van der Waals surface area (Å²) in [4.78, 5) is 12.0. The van der Waals surface area contributed by atoms with Gasteiger partial charge in [-0.25, -0.2) is 0 Å². The molecule has 1 aromatic heterocycles. The molecule has 1 aliphatic rings. The lowest BCUT2D eigenvalue weighted by Gasteiger charge is -2.09. The summed E-state index contributed by atoms with van der Waals surface area (Å²) in [6.07, 6.45) is 0. The Morgan fingerprint density at radius 2 is 2.20 bits per heavy atom. The molecule has 0 atom stereocenters. The van der Waals surface area contributed by atoms with Crippen molar-refractivity contribution in [2.45, 2.75) is 13.5 Å². The van der Waals surface area contributed by atoms with Gasteiger partial charge in [-0.1, -0.05) is 0 Å². The SMILES string of the molecule is Cc1ccc(C(=O)Nc2ccc3c(c2)CNCCO3)o1. The minimum absolute atomic E-state index is 0.249. The van der Waals surface area contributed by atoms with Crippen LogP contribution in [0.1, 0.15) is 21.9 Å². The zero-order valence-electron chi connectivity index (χ0n) is 11.2. The van der Waals surface area contributed by atoms with Crippen LogP contribution in [-0.4, -0.2) is 19.1 Å². The van der Waals surface area contributed by atoms with Gasteiger partial charge in [-0.2, -0.15) is 0 Å². The molecule has 0 saturated carbocycles. The lowest BCUT2D eigenvalue weighted by Crippen LogP contribution is -2.16. The summed E-state index contributed by atoms with van der Waals surface area (Å²) < 4.78 is 10.9. The number of ether oxygens (including phenoxy) is 1. The standard InChI is InChI=1S/C15H16N2O3/c1-10-2-4-14(20-10)15(18)17-12-3-5-13-11(8-12)9-16-6-7-19-13/h2-5,8,16H,6-7,9H2,1H3,(H,17,18). The van der Waals surface area contributed by atoms with E-state index < -0.39 is 0 Å². The summed E-state index contributed by atoms with van der Waals surface area (Å²) in [5, 5.41) is 6.09. The number of rotatable bonds is 2. The molecule has 0 saturated heterocycles. The number of aryl methyl sites for hydroxylation is 1. The third-order valence-corrected chi connectivity index (χ3v) is 3.13. The third kappa shape index (κ3) is 2.67. The second kappa shape index (κ2) is 5.38. The summed E-state index contributed by atoms with van der Waals surface area (Å²) in [6, 6.07) is 9.06. The van der Waals surface area contributed by atoms with E-state index in [-0.39, 0.29) is 5.91 Å². The molecular formula is C15H16N2O3. The summed E-state index contributed by atoms with van der Waals surface area (Å²) >= 11 is 0. The van der Waals surface area contributed by atoms with Crippen molar-refractivity contribution >= 4 is 11.6 Å². The summed E-state index contributed by atoms with van der Waals surface area (Å²) in [6.45, 7) is 4.02. The van der Waals surface area contributed by atoms with Gasteiger partial charge < -0.3 is 19.8 Å². The van der Waals surface area contributed by atoms with Crippen molar-refractivity contribution in [3.05, 3.63) is 47.4 Å². The highest BCUT2D eigenvalue weighted by atomic mass is 16.5. The van der Waals surface area contributed by atoms with E-state index in [1.54, 1.807) is 12.1 Å². The van der Waals surface area contributed by atoms with E-state index in [1.165, 1.54) is 0 Å². The molecule has 1 aromatic carbocycles. The van der Waals surface area contributed by atoms with Crippen molar-refractivity contribution in [3.8, 4) is 5.75 Å². The normalized spacial score (nSPS) is 14.1. The Labute approximate surface area is 116 Å². The van der Waals surface area contributed by atoms with Gasteiger partial charge in [0.05, 0.1) is 0 Å². The van der Waals surface area contributed by atoms with Crippen molar-refractivity contribution in [1.29, 1.82) is 0 Å². The first kappa shape index (κ1) is 12.7. The van der Waals surface area contributed by atoms with Crippen LogP contribution in [0.5, 0.6) is 5.75 Å². The molecule has 5 heteroatoms. The van der Waals surface area contributed by atoms with E-state index in [9.17, 15) is 4.79 Å². The van der Waals surface area contributed by atoms with Crippen molar-refractivity contribution in [2.75, 3.05) is 18.5 Å². The number of benzene rings is 1. The van der Waals surface area contributed by atoms with Gasteiger partial charge in [-0.15, -0.1) is 0 Å². The van der Waals surface area contributed by atoms with Crippen LogP contribution in [0.15, 0.2) is 34.7 Å². The molecule has 0 radical (unpaired) electrons. The fraction of sp³-hybridized carbons (Fsp3) is 0.267. The topological polar surface area (TPSA) is 63.5 Å². The molecule has 0 spiro atoms. The molecule has 2 N–H and O–H groups in total.